The Kier molecular flexibility index (Phi) is 6.87. The Morgan fingerprint density at radius 1 is 1.10 bits per heavy atom. The molecule has 1 aromatic carbocycles. The van der Waals surface area contributed by atoms with E-state index in [9.17, 15) is 0 Å². The van der Waals surface area contributed by atoms with Crippen LogP contribution in [0.1, 0.15) is 45.4 Å². The van der Waals surface area contributed by atoms with Crippen molar-refractivity contribution in [1.82, 2.24) is 5.32 Å². The van der Waals surface area contributed by atoms with E-state index >= 15 is 0 Å². The summed E-state index contributed by atoms with van der Waals surface area (Å²) in [6.07, 6.45) is 8.38. The van der Waals surface area contributed by atoms with Gasteiger partial charge in [0.1, 0.15) is 6.61 Å². The standard InChI is InChI=1S/C18H29NO2/c1-15(16-9-5-3-4-6-10-16)19-13-14-21-18-12-8-7-11-17(18)20-2/h7-8,11-12,15-16,19H,3-6,9-10,13-14H2,1-2H3/t15-/m1/s1. The average molecular weight is 291 g/mol. The van der Waals surface area contributed by atoms with Gasteiger partial charge in [0.05, 0.1) is 7.11 Å². The molecule has 0 radical (unpaired) electrons. The van der Waals surface area contributed by atoms with Crippen LogP contribution in [-0.4, -0.2) is 26.3 Å². The molecule has 3 nitrogen and oxygen atoms in total. The Morgan fingerprint density at radius 2 is 1.76 bits per heavy atom. The summed E-state index contributed by atoms with van der Waals surface area (Å²) >= 11 is 0. The molecule has 0 saturated heterocycles. The first kappa shape index (κ1) is 16.2. The zero-order valence-corrected chi connectivity index (χ0v) is 13.4. The molecule has 1 atom stereocenters. The fourth-order valence-electron chi connectivity index (χ4n) is 3.16. The van der Waals surface area contributed by atoms with Crippen molar-refractivity contribution in [1.29, 1.82) is 0 Å². The van der Waals surface area contributed by atoms with Crippen LogP contribution in [0.4, 0.5) is 0 Å². The van der Waals surface area contributed by atoms with E-state index in [1.54, 1.807) is 7.11 Å². The smallest absolute Gasteiger partial charge is 0.161 e. The highest BCUT2D eigenvalue weighted by Gasteiger charge is 2.18. The minimum atomic E-state index is 0.587. The minimum Gasteiger partial charge on any atom is -0.493 e. The van der Waals surface area contributed by atoms with Crippen LogP contribution < -0.4 is 14.8 Å². The summed E-state index contributed by atoms with van der Waals surface area (Å²) in [6.45, 7) is 3.88. The monoisotopic (exact) mass is 291 g/mol. The normalized spacial score (nSPS) is 18.0. The van der Waals surface area contributed by atoms with Gasteiger partial charge in [-0.05, 0) is 37.8 Å². The molecule has 1 saturated carbocycles. The molecule has 1 fully saturated rings. The van der Waals surface area contributed by atoms with Crippen LogP contribution in [-0.2, 0) is 0 Å². The highest BCUT2D eigenvalue weighted by molar-refractivity contribution is 5.39. The van der Waals surface area contributed by atoms with E-state index in [-0.39, 0.29) is 0 Å². The van der Waals surface area contributed by atoms with Crippen LogP contribution in [0, 0.1) is 5.92 Å². The number of hydrogen-bond donors (Lipinski definition) is 1. The summed E-state index contributed by atoms with van der Waals surface area (Å²) in [5, 5.41) is 3.62. The predicted octanol–water partition coefficient (Wildman–Crippen LogP) is 4.02. The van der Waals surface area contributed by atoms with E-state index in [0.29, 0.717) is 12.6 Å². The fraction of sp³-hybridized carbons (Fsp3) is 0.667. The van der Waals surface area contributed by atoms with E-state index in [1.807, 2.05) is 24.3 Å². The molecule has 0 amide bonds. The van der Waals surface area contributed by atoms with Gasteiger partial charge < -0.3 is 14.8 Å². The van der Waals surface area contributed by atoms with Crippen molar-refractivity contribution in [2.45, 2.75) is 51.5 Å². The number of nitrogens with one attached hydrogen (secondary N) is 1. The highest BCUT2D eigenvalue weighted by Crippen LogP contribution is 2.26. The largest absolute Gasteiger partial charge is 0.493 e. The second kappa shape index (κ2) is 8.93. The second-order valence-electron chi connectivity index (χ2n) is 5.99. The number of hydrogen-bond acceptors (Lipinski definition) is 3. The molecule has 21 heavy (non-hydrogen) atoms. The van der Waals surface area contributed by atoms with E-state index in [1.165, 1.54) is 38.5 Å². The molecule has 1 N–H and O–H groups in total. The first-order valence-electron chi connectivity index (χ1n) is 8.30. The van der Waals surface area contributed by atoms with Gasteiger partial charge in [0.2, 0.25) is 0 Å². The van der Waals surface area contributed by atoms with Crippen LogP contribution in [0.5, 0.6) is 11.5 Å². The molecular weight excluding hydrogens is 262 g/mol. The van der Waals surface area contributed by atoms with Crippen molar-refractivity contribution in [2.75, 3.05) is 20.3 Å². The first-order valence-corrected chi connectivity index (χ1v) is 8.30. The lowest BCUT2D eigenvalue weighted by Gasteiger charge is -2.23. The average Bonchev–Trinajstić information content (AvgIpc) is 2.81. The second-order valence-corrected chi connectivity index (χ2v) is 5.99. The molecule has 0 spiro atoms. The van der Waals surface area contributed by atoms with Crippen LogP contribution in [0.3, 0.4) is 0 Å². The summed E-state index contributed by atoms with van der Waals surface area (Å²) in [5.41, 5.74) is 0. The number of rotatable bonds is 7. The predicted molar refractivity (Wildman–Crippen MR) is 87.1 cm³/mol. The van der Waals surface area contributed by atoms with Crippen molar-refractivity contribution in [3.05, 3.63) is 24.3 Å². The zero-order valence-electron chi connectivity index (χ0n) is 13.4. The maximum absolute atomic E-state index is 5.80. The molecule has 0 aromatic heterocycles. The maximum Gasteiger partial charge on any atom is 0.161 e. The van der Waals surface area contributed by atoms with Crippen LogP contribution in [0.15, 0.2) is 24.3 Å². The molecule has 1 aromatic rings. The van der Waals surface area contributed by atoms with Gasteiger partial charge in [-0.3, -0.25) is 0 Å². The molecule has 0 heterocycles. The Hall–Kier alpha value is -1.22. The first-order chi connectivity index (χ1) is 10.3. The van der Waals surface area contributed by atoms with Crippen LogP contribution in [0.2, 0.25) is 0 Å². The van der Waals surface area contributed by atoms with E-state index in [2.05, 4.69) is 12.2 Å². The third kappa shape index (κ3) is 5.24. The van der Waals surface area contributed by atoms with Gasteiger partial charge in [0.25, 0.3) is 0 Å². The molecule has 118 valence electrons. The third-order valence-corrected chi connectivity index (χ3v) is 4.50. The number of ether oxygens (including phenoxy) is 2. The molecular formula is C18H29NO2. The molecule has 0 aliphatic heterocycles. The lowest BCUT2D eigenvalue weighted by molar-refractivity contribution is 0.269. The van der Waals surface area contributed by atoms with Gasteiger partial charge in [0.15, 0.2) is 11.5 Å². The molecule has 0 bridgehead atoms. The molecule has 3 heteroatoms. The van der Waals surface area contributed by atoms with Gasteiger partial charge in [-0.1, -0.05) is 37.8 Å². The van der Waals surface area contributed by atoms with Crippen molar-refractivity contribution in [2.24, 2.45) is 5.92 Å². The van der Waals surface area contributed by atoms with Crippen LogP contribution >= 0.6 is 0 Å². The highest BCUT2D eigenvalue weighted by atomic mass is 16.5. The van der Waals surface area contributed by atoms with Crippen molar-refractivity contribution < 1.29 is 9.47 Å². The SMILES string of the molecule is COc1ccccc1OCCN[C@H](C)C1CCCCCC1. The quantitative estimate of drug-likeness (QED) is 0.608. The van der Waals surface area contributed by atoms with Crippen molar-refractivity contribution in [3.8, 4) is 11.5 Å². The van der Waals surface area contributed by atoms with Gasteiger partial charge in [-0.25, -0.2) is 0 Å². The Bertz CT molecular complexity index is 400. The summed E-state index contributed by atoms with van der Waals surface area (Å²) in [7, 11) is 1.68. The Labute approximate surface area is 129 Å². The summed E-state index contributed by atoms with van der Waals surface area (Å²) in [5.74, 6) is 2.46. The number of methoxy groups -OCH3 is 1. The van der Waals surface area contributed by atoms with Crippen LogP contribution in [0.25, 0.3) is 0 Å². The van der Waals surface area contributed by atoms with Crippen molar-refractivity contribution >= 4 is 0 Å². The van der Waals surface area contributed by atoms with Gasteiger partial charge in [0, 0.05) is 12.6 Å². The lowest BCUT2D eigenvalue weighted by atomic mass is 9.93. The van der Waals surface area contributed by atoms with E-state index in [4.69, 9.17) is 9.47 Å². The number of para-hydroxylation sites is 2. The van der Waals surface area contributed by atoms with Gasteiger partial charge in [-0.2, -0.15) is 0 Å². The molecule has 0 unspecified atom stereocenters. The summed E-state index contributed by atoms with van der Waals surface area (Å²) in [4.78, 5) is 0. The topological polar surface area (TPSA) is 30.5 Å². The molecule has 1 aliphatic rings. The van der Waals surface area contributed by atoms with E-state index in [0.717, 1.165) is 24.0 Å². The molecule has 2 rings (SSSR count). The minimum absolute atomic E-state index is 0.587. The van der Waals surface area contributed by atoms with Gasteiger partial charge in [-0.15, -0.1) is 0 Å². The fourth-order valence-corrected chi connectivity index (χ4v) is 3.16. The zero-order chi connectivity index (χ0) is 14.9. The summed E-state index contributed by atoms with van der Waals surface area (Å²) < 4.78 is 11.1. The van der Waals surface area contributed by atoms with E-state index < -0.39 is 0 Å². The summed E-state index contributed by atoms with van der Waals surface area (Å²) in [6, 6.07) is 8.39. The molecule has 1 aliphatic carbocycles. The lowest BCUT2D eigenvalue weighted by Crippen LogP contribution is -2.36. The van der Waals surface area contributed by atoms with Gasteiger partial charge >= 0.3 is 0 Å². The van der Waals surface area contributed by atoms with Crippen molar-refractivity contribution in [3.63, 3.8) is 0 Å². The third-order valence-electron chi connectivity index (χ3n) is 4.50. The maximum atomic E-state index is 5.80. The Balaban J connectivity index is 1.69. The number of benzene rings is 1. The Morgan fingerprint density at radius 3 is 2.43 bits per heavy atom.